The van der Waals surface area contributed by atoms with Crippen LogP contribution in [0.2, 0.25) is 0 Å². The molecule has 0 bridgehead atoms. The molecule has 0 aromatic heterocycles. The second kappa shape index (κ2) is 10.8. The lowest BCUT2D eigenvalue weighted by atomic mass is 10.1. The second-order valence-electron chi connectivity index (χ2n) is 6.56. The Hall–Kier alpha value is -0.900. The summed E-state index contributed by atoms with van der Waals surface area (Å²) in [7, 11) is 2.16. The van der Waals surface area contributed by atoms with Crippen LogP contribution >= 0.6 is 0 Å². The van der Waals surface area contributed by atoms with Gasteiger partial charge in [0.25, 0.3) is 0 Å². The largest absolute Gasteiger partial charge is 0.374 e. The summed E-state index contributed by atoms with van der Waals surface area (Å²) in [5, 5.41) is 0. The summed E-state index contributed by atoms with van der Waals surface area (Å²) < 4.78 is 11.1. The van der Waals surface area contributed by atoms with Crippen molar-refractivity contribution in [1.29, 1.82) is 0 Å². The topological polar surface area (TPSA) is 21.7 Å². The number of likely N-dealkylation sites (N-methyl/N-ethyl adjacent to an activating group) is 1. The molecule has 0 radical (unpaired) electrons. The molecule has 0 saturated carbocycles. The maximum Gasteiger partial charge on any atom is 0.0720 e. The molecule has 0 amide bonds. The first kappa shape index (κ1) is 19.1. The average molecular weight is 307 g/mol. The lowest BCUT2D eigenvalue weighted by Gasteiger charge is -2.30. The minimum absolute atomic E-state index is 0.315. The van der Waals surface area contributed by atoms with Crippen LogP contribution in [0.5, 0.6) is 0 Å². The summed E-state index contributed by atoms with van der Waals surface area (Å²) in [6, 6.07) is 10.2. The average Bonchev–Trinajstić information content (AvgIpc) is 2.46. The number of likely N-dealkylation sites (tertiary alicyclic amines) is 1. The van der Waals surface area contributed by atoms with E-state index in [-0.39, 0.29) is 0 Å². The van der Waals surface area contributed by atoms with E-state index < -0.39 is 0 Å². The van der Waals surface area contributed by atoms with Crippen LogP contribution in [0.25, 0.3) is 0 Å². The molecule has 1 saturated heterocycles. The van der Waals surface area contributed by atoms with Gasteiger partial charge in [0.1, 0.15) is 0 Å². The Morgan fingerprint density at radius 1 is 1.09 bits per heavy atom. The third-order valence-electron chi connectivity index (χ3n) is 3.47. The van der Waals surface area contributed by atoms with Crippen LogP contribution in [0, 0.1) is 0 Å². The van der Waals surface area contributed by atoms with Gasteiger partial charge in [-0.05, 0) is 59.7 Å². The normalized spacial score (nSPS) is 19.1. The Bertz CT molecular complexity index is 376. The van der Waals surface area contributed by atoms with Crippen molar-refractivity contribution < 1.29 is 9.47 Å². The molecular formula is C19H33NO2. The smallest absolute Gasteiger partial charge is 0.0720 e. The Morgan fingerprint density at radius 3 is 2.32 bits per heavy atom. The fraction of sp³-hybridized carbons (Fsp3) is 0.684. The molecule has 1 fully saturated rings. The van der Waals surface area contributed by atoms with E-state index in [4.69, 9.17) is 9.47 Å². The van der Waals surface area contributed by atoms with Gasteiger partial charge in [-0.15, -0.1) is 0 Å². The van der Waals surface area contributed by atoms with Crippen molar-refractivity contribution in [3.63, 3.8) is 0 Å². The molecule has 1 unspecified atom stereocenters. The Labute approximate surface area is 136 Å². The SMILES string of the molecule is CC(C)OC1CCCN(C)C1.CC(C)OCc1ccccc1. The highest BCUT2D eigenvalue weighted by Gasteiger charge is 2.17. The van der Waals surface area contributed by atoms with Crippen molar-refractivity contribution in [2.75, 3.05) is 20.1 Å². The molecule has 1 aliphatic rings. The molecule has 1 aliphatic heterocycles. The highest BCUT2D eigenvalue weighted by atomic mass is 16.5. The van der Waals surface area contributed by atoms with E-state index in [0.29, 0.717) is 18.3 Å². The molecule has 126 valence electrons. The predicted octanol–water partition coefficient (Wildman–Crippen LogP) is 4.12. The maximum absolute atomic E-state index is 5.72. The van der Waals surface area contributed by atoms with Crippen molar-refractivity contribution in [2.45, 2.75) is 65.5 Å². The lowest BCUT2D eigenvalue weighted by Crippen LogP contribution is -2.38. The fourth-order valence-electron chi connectivity index (χ4n) is 2.45. The molecule has 22 heavy (non-hydrogen) atoms. The first-order chi connectivity index (χ1) is 10.5. The Kier molecular flexibility index (Phi) is 9.37. The van der Waals surface area contributed by atoms with Crippen LogP contribution in [0.4, 0.5) is 0 Å². The Morgan fingerprint density at radius 2 is 1.77 bits per heavy atom. The zero-order valence-corrected chi connectivity index (χ0v) is 14.9. The van der Waals surface area contributed by atoms with Gasteiger partial charge >= 0.3 is 0 Å². The minimum Gasteiger partial charge on any atom is -0.374 e. The zero-order chi connectivity index (χ0) is 16.4. The van der Waals surface area contributed by atoms with E-state index in [1.54, 1.807) is 0 Å². The van der Waals surface area contributed by atoms with E-state index in [9.17, 15) is 0 Å². The zero-order valence-electron chi connectivity index (χ0n) is 14.9. The number of piperidine rings is 1. The van der Waals surface area contributed by atoms with Gasteiger partial charge in [-0.1, -0.05) is 30.3 Å². The molecule has 1 heterocycles. The fourth-order valence-corrected chi connectivity index (χ4v) is 2.45. The van der Waals surface area contributed by atoms with Crippen molar-refractivity contribution in [3.8, 4) is 0 Å². The predicted molar refractivity (Wildman–Crippen MR) is 93.1 cm³/mol. The van der Waals surface area contributed by atoms with Gasteiger partial charge in [0, 0.05) is 6.54 Å². The summed E-state index contributed by atoms with van der Waals surface area (Å²) in [4.78, 5) is 2.34. The molecule has 1 aromatic rings. The molecule has 2 rings (SSSR count). The Balaban J connectivity index is 0.000000220. The van der Waals surface area contributed by atoms with Crippen LogP contribution in [-0.2, 0) is 16.1 Å². The molecule has 1 atom stereocenters. The van der Waals surface area contributed by atoms with Crippen LogP contribution in [0.15, 0.2) is 30.3 Å². The highest BCUT2D eigenvalue weighted by Crippen LogP contribution is 2.12. The van der Waals surface area contributed by atoms with E-state index in [2.05, 4.69) is 37.9 Å². The van der Waals surface area contributed by atoms with Gasteiger partial charge in [0.15, 0.2) is 0 Å². The maximum atomic E-state index is 5.72. The molecule has 3 heteroatoms. The number of rotatable bonds is 5. The summed E-state index contributed by atoms with van der Waals surface area (Å²) >= 11 is 0. The molecule has 3 nitrogen and oxygen atoms in total. The van der Waals surface area contributed by atoms with Crippen molar-refractivity contribution >= 4 is 0 Å². The summed E-state index contributed by atoms with van der Waals surface area (Å²) in [5.74, 6) is 0. The number of hydrogen-bond donors (Lipinski definition) is 0. The molecule has 0 N–H and O–H groups in total. The van der Waals surface area contributed by atoms with E-state index in [1.807, 2.05) is 32.0 Å². The number of ether oxygens (including phenoxy) is 2. The van der Waals surface area contributed by atoms with Crippen LogP contribution in [-0.4, -0.2) is 43.3 Å². The van der Waals surface area contributed by atoms with Crippen molar-refractivity contribution in [3.05, 3.63) is 35.9 Å². The van der Waals surface area contributed by atoms with Crippen LogP contribution < -0.4 is 0 Å². The van der Waals surface area contributed by atoms with Gasteiger partial charge in [0.05, 0.1) is 24.9 Å². The minimum atomic E-state index is 0.315. The van der Waals surface area contributed by atoms with Crippen molar-refractivity contribution in [1.82, 2.24) is 4.90 Å². The lowest BCUT2D eigenvalue weighted by molar-refractivity contribution is -0.0279. The summed E-state index contributed by atoms with van der Waals surface area (Å²) in [6.07, 6.45) is 3.70. The second-order valence-corrected chi connectivity index (χ2v) is 6.56. The van der Waals surface area contributed by atoms with E-state index in [0.717, 1.165) is 13.2 Å². The van der Waals surface area contributed by atoms with Gasteiger partial charge in [-0.3, -0.25) is 0 Å². The molecule has 1 aromatic carbocycles. The first-order valence-electron chi connectivity index (χ1n) is 8.47. The van der Waals surface area contributed by atoms with E-state index >= 15 is 0 Å². The summed E-state index contributed by atoms with van der Waals surface area (Å²) in [6.45, 7) is 11.4. The van der Waals surface area contributed by atoms with Crippen molar-refractivity contribution in [2.24, 2.45) is 0 Å². The van der Waals surface area contributed by atoms with E-state index in [1.165, 1.54) is 24.9 Å². The van der Waals surface area contributed by atoms with Gasteiger partial charge < -0.3 is 14.4 Å². The third kappa shape index (κ3) is 9.19. The summed E-state index contributed by atoms with van der Waals surface area (Å²) in [5.41, 5.74) is 1.24. The third-order valence-corrected chi connectivity index (χ3v) is 3.47. The first-order valence-corrected chi connectivity index (χ1v) is 8.47. The van der Waals surface area contributed by atoms with Gasteiger partial charge in [-0.25, -0.2) is 0 Å². The molecule has 0 spiro atoms. The molecule has 0 aliphatic carbocycles. The number of benzene rings is 1. The van der Waals surface area contributed by atoms with Crippen LogP contribution in [0.1, 0.15) is 46.1 Å². The quantitative estimate of drug-likeness (QED) is 0.817. The highest BCUT2D eigenvalue weighted by molar-refractivity contribution is 5.13. The molecular weight excluding hydrogens is 274 g/mol. The van der Waals surface area contributed by atoms with Gasteiger partial charge in [0.2, 0.25) is 0 Å². The number of hydrogen-bond acceptors (Lipinski definition) is 3. The standard InChI is InChI=1S/C10H14O.C9H19NO/c1-9(2)11-8-10-6-4-3-5-7-10;1-8(2)11-9-5-4-6-10(3)7-9/h3-7,9H,8H2,1-2H3;8-9H,4-7H2,1-3H3. The van der Waals surface area contributed by atoms with Crippen LogP contribution in [0.3, 0.4) is 0 Å². The monoisotopic (exact) mass is 307 g/mol. The number of nitrogens with zero attached hydrogens (tertiary/aromatic N) is 1. The van der Waals surface area contributed by atoms with Gasteiger partial charge in [-0.2, -0.15) is 0 Å².